The molecule has 16 nitrogen and oxygen atoms in total. The molecule has 62 heavy (non-hydrogen) atoms. The number of aromatic nitrogens is 5. The first-order chi connectivity index (χ1) is 29.1. The highest BCUT2D eigenvalue weighted by atomic mass is 35.5. The minimum absolute atomic E-state index is 0. The lowest BCUT2D eigenvalue weighted by molar-refractivity contribution is 0.0979. The quantitative estimate of drug-likeness (QED) is 0.0686. The van der Waals surface area contributed by atoms with Gasteiger partial charge in [-0.2, -0.15) is 0 Å². The molecule has 328 valence electrons. The molecule has 0 aliphatic carbocycles. The molecule has 0 aliphatic heterocycles. The van der Waals surface area contributed by atoms with Gasteiger partial charge in [-0.15, -0.1) is 5.10 Å². The Morgan fingerprint density at radius 2 is 1.15 bits per heavy atom. The number of amides is 3. The van der Waals surface area contributed by atoms with Crippen molar-refractivity contribution < 1.29 is 19.2 Å². The van der Waals surface area contributed by atoms with Crippen molar-refractivity contribution in [2.24, 2.45) is 11.5 Å². The minimum Gasteiger partial charge on any atom is -0.364 e. The molecule has 0 saturated carbocycles. The predicted molar refractivity (Wildman–Crippen MR) is 247 cm³/mol. The van der Waals surface area contributed by atoms with E-state index >= 15 is 0 Å². The number of fused-ring (bicyclic) bond motifs is 1. The van der Waals surface area contributed by atoms with Crippen LogP contribution >= 0.6 is 11.6 Å². The fourth-order valence-corrected chi connectivity index (χ4v) is 5.43. The summed E-state index contributed by atoms with van der Waals surface area (Å²) < 4.78 is 4.08. The number of rotatable bonds is 9. The maximum Gasteiger partial charge on any atom is 0.275 e. The summed E-state index contributed by atoms with van der Waals surface area (Å²) in [4.78, 5) is 60.9. The van der Waals surface area contributed by atoms with Crippen LogP contribution in [0.5, 0.6) is 0 Å². The highest BCUT2D eigenvalue weighted by Crippen LogP contribution is 2.14. The Kier molecular flexibility index (Phi) is 20.8. The second-order valence-electron chi connectivity index (χ2n) is 13.4. The zero-order valence-electron chi connectivity index (χ0n) is 35.8. The number of aromatic amines is 1. The maximum atomic E-state index is 11.9. The summed E-state index contributed by atoms with van der Waals surface area (Å²) in [6.07, 6.45) is 4.88. The SMILES string of the molecule is CCN(CC)CC.Cc1ccc(-c2nn3cccc3c(=O)[nH]2)cc1.Cc1ccc(C(=O)Cl)cc1.Cc1ccc(C(=O)Nn2cccc2C(N)=O)cc1.N.NC(=O)c1cccn1N. The van der Waals surface area contributed by atoms with E-state index in [1.807, 2.05) is 69.3 Å². The van der Waals surface area contributed by atoms with Crippen LogP contribution in [0.1, 0.15) is 79.2 Å². The maximum absolute atomic E-state index is 11.9. The number of primary amides is 2. The zero-order valence-corrected chi connectivity index (χ0v) is 36.6. The molecule has 0 bridgehead atoms. The number of halogens is 1. The number of hydrogen-bond acceptors (Lipinski definition) is 9. The van der Waals surface area contributed by atoms with Crippen molar-refractivity contribution in [1.29, 1.82) is 0 Å². The highest BCUT2D eigenvalue weighted by molar-refractivity contribution is 6.67. The lowest BCUT2D eigenvalue weighted by Gasteiger charge is -2.13. The van der Waals surface area contributed by atoms with E-state index in [1.54, 1.807) is 77.7 Å². The van der Waals surface area contributed by atoms with Crippen LogP contribution < -0.4 is 34.4 Å². The largest absolute Gasteiger partial charge is 0.364 e. The van der Waals surface area contributed by atoms with Crippen molar-refractivity contribution in [2.75, 3.05) is 30.9 Å². The van der Waals surface area contributed by atoms with E-state index in [-0.39, 0.29) is 23.3 Å². The second kappa shape index (κ2) is 25.4. The molecule has 3 aromatic carbocycles. The van der Waals surface area contributed by atoms with Gasteiger partial charge in [-0.25, -0.2) is 4.52 Å². The van der Waals surface area contributed by atoms with E-state index in [9.17, 15) is 24.0 Å². The lowest BCUT2D eigenvalue weighted by Crippen LogP contribution is -2.27. The van der Waals surface area contributed by atoms with Crippen LogP contribution in [0, 0.1) is 20.8 Å². The van der Waals surface area contributed by atoms with Crippen molar-refractivity contribution in [3.63, 3.8) is 0 Å². The van der Waals surface area contributed by atoms with E-state index < -0.39 is 17.1 Å². The molecule has 3 amide bonds. The summed E-state index contributed by atoms with van der Waals surface area (Å²) >= 11 is 5.22. The summed E-state index contributed by atoms with van der Waals surface area (Å²) in [6, 6.07) is 32.1. The topological polar surface area (TPSA) is 257 Å². The number of nitrogen functional groups attached to an aromatic ring is 1. The molecular formula is C45H56ClN11O5. The third-order valence-electron chi connectivity index (χ3n) is 8.91. The second-order valence-corrected chi connectivity index (χ2v) is 13.7. The van der Waals surface area contributed by atoms with Crippen LogP contribution in [0.25, 0.3) is 16.9 Å². The van der Waals surface area contributed by atoms with Gasteiger partial charge in [0.05, 0.1) is 0 Å². The number of aryl methyl sites for hydroxylation is 3. The molecule has 0 aliphatic rings. The molecule has 0 atom stereocenters. The van der Waals surface area contributed by atoms with E-state index in [0.29, 0.717) is 28.2 Å². The molecule has 0 unspecified atom stereocenters. The van der Waals surface area contributed by atoms with Crippen LogP contribution in [0.3, 0.4) is 0 Å². The summed E-state index contributed by atoms with van der Waals surface area (Å²) in [6.45, 7) is 16.1. The Hall–Kier alpha value is -7.27. The molecule has 4 heterocycles. The Labute approximate surface area is 365 Å². The van der Waals surface area contributed by atoms with Crippen LogP contribution in [0.4, 0.5) is 0 Å². The third kappa shape index (κ3) is 15.7. The number of nitrogens with zero attached hydrogens (tertiary/aromatic N) is 5. The van der Waals surface area contributed by atoms with Crippen molar-refractivity contribution in [3.8, 4) is 11.4 Å². The van der Waals surface area contributed by atoms with E-state index in [1.165, 1.54) is 40.6 Å². The zero-order chi connectivity index (χ0) is 45.1. The highest BCUT2D eigenvalue weighted by Gasteiger charge is 2.11. The Bertz CT molecular complexity index is 2530. The van der Waals surface area contributed by atoms with Crippen molar-refractivity contribution in [2.45, 2.75) is 41.5 Å². The van der Waals surface area contributed by atoms with Crippen LogP contribution in [-0.2, 0) is 0 Å². The third-order valence-corrected chi connectivity index (χ3v) is 9.13. The van der Waals surface area contributed by atoms with E-state index in [0.717, 1.165) is 16.7 Å². The molecule has 11 N–H and O–H groups in total. The van der Waals surface area contributed by atoms with Gasteiger partial charge in [-0.1, -0.05) is 86.0 Å². The molecule has 0 spiro atoms. The molecule has 4 aromatic heterocycles. The molecule has 0 fully saturated rings. The summed E-state index contributed by atoms with van der Waals surface area (Å²) in [5.74, 6) is 4.44. The van der Waals surface area contributed by atoms with Crippen molar-refractivity contribution in [3.05, 3.63) is 177 Å². The van der Waals surface area contributed by atoms with Crippen LogP contribution in [0.15, 0.2) is 133 Å². The van der Waals surface area contributed by atoms with Gasteiger partial charge in [0, 0.05) is 35.3 Å². The first kappa shape index (κ1) is 50.9. The summed E-state index contributed by atoms with van der Waals surface area (Å²) in [5, 5.41) is 3.95. The number of carbonyl (C=O) groups excluding carboxylic acids is 4. The molecule has 0 saturated heterocycles. The van der Waals surface area contributed by atoms with Crippen LogP contribution in [0.2, 0.25) is 0 Å². The molecule has 17 heteroatoms. The van der Waals surface area contributed by atoms with Gasteiger partial charge in [-0.05, 0) is 113 Å². The Morgan fingerprint density at radius 1 is 0.677 bits per heavy atom. The standard InChI is InChI=1S/C13H13N3O2.C13H11N3O.C8H7ClO.C6H15N.C5H7N3O.H3N/c1-9-4-6-10(7-5-9)13(18)15-16-8-2-3-11(16)12(14)17;1-9-4-6-10(7-5-9)12-14-13(17)11-3-2-8-16(11)15-12;1-6-2-4-7(5-3-6)8(9)10;1-4-7(5-2)6-3;6-5(9)4-2-1-3-8(4)7;/h2-8H,1H3,(H2,14,17)(H,15,18);2-8H,1H3,(H,14,15,17);2-5H,1H3;4-6H2,1-3H3;1-3H,7H2,(H2,6,9);1H3. The van der Waals surface area contributed by atoms with Gasteiger partial charge in [0.25, 0.3) is 28.5 Å². The van der Waals surface area contributed by atoms with Crippen LogP contribution in [-0.4, -0.2) is 71.4 Å². The first-order valence-electron chi connectivity index (χ1n) is 19.3. The van der Waals surface area contributed by atoms with E-state index in [2.05, 4.69) is 41.2 Å². The molecule has 0 radical (unpaired) electrons. The average molecular weight is 866 g/mol. The fraction of sp³-hybridized carbons (Fsp3) is 0.200. The monoisotopic (exact) mass is 865 g/mol. The van der Waals surface area contributed by atoms with Gasteiger partial charge < -0.3 is 33.3 Å². The summed E-state index contributed by atoms with van der Waals surface area (Å²) in [7, 11) is 0. The number of hydrogen-bond donors (Lipinski definition) is 6. The number of carbonyl (C=O) groups is 4. The van der Waals surface area contributed by atoms with Crippen molar-refractivity contribution >= 4 is 40.1 Å². The fourth-order valence-electron chi connectivity index (χ4n) is 5.30. The van der Waals surface area contributed by atoms with Gasteiger partial charge in [0.2, 0.25) is 0 Å². The first-order valence-corrected chi connectivity index (χ1v) is 19.7. The number of nitrogens with two attached hydrogens (primary N) is 3. The molecular weight excluding hydrogens is 810 g/mol. The Balaban J connectivity index is 0.000000278. The molecule has 7 aromatic rings. The number of H-pyrrole nitrogens is 1. The smallest absolute Gasteiger partial charge is 0.275 e. The van der Waals surface area contributed by atoms with Gasteiger partial charge in [-0.3, -0.25) is 38.8 Å². The minimum atomic E-state index is -0.593. The van der Waals surface area contributed by atoms with Gasteiger partial charge in [0.1, 0.15) is 16.9 Å². The number of benzene rings is 3. The lowest BCUT2D eigenvalue weighted by atomic mass is 10.1. The Morgan fingerprint density at radius 3 is 1.58 bits per heavy atom. The van der Waals surface area contributed by atoms with Gasteiger partial charge >= 0.3 is 0 Å². The summed E-state index contributed by atoms with van der Waals surface area (Å²) in [5.41, 5.74) is 19.0. The van der Waals surface area contributed by atoms with Crippen molar-refractivity contribution in [1.82, 2.24) is 35.0 Å². The average Bonchev–Trinajstić information content (AvgIpc) is 4.02. The van der Waals surface area contributed by atoms with E-state index in [4.69, 9.17) is 28.9 Å². The predicted octanol–water partition coefficient (Wildman–Crippen LogP) is 6.46. The number of nitrogens with one attached hydrogen (secondary N) is 2. The molecule has 7 rings (SSSR count). The van der Waals surface area contributed by atoms with Gasteiger partial charge in [0.15, 0.2) is 5.82 Å². The normalized spacial score (nSPS) is 9.94.